The van der Waals surface area contributed by atoms with Crippen LogP contribution in [0.4, 0.5) is 4.39 Å². The minimum absolute atomic E-state index is 0.195. The first-order valence-corrected chi connectivity index (χ1v) is 13.7. The Hall–Kier alpha value is -3.26. The summed E-state index contributed by atoms with van der Waals surface area (Å²) in [4.78, 5) is 28.3. The van der Waals surface area contributed by atoms with Crippen LogP contribution in [0.1, 0.15) is 53.3 Å². The van der Waals surface area contributed by atoms with E-state index < -0.39 is 23.8 Å². The molecule has 3 aromatic carbocycles. The molecule has 3 aromatic rings. The second-order valence-corrected chi connectivity index (χ2v) is 10.8. The SMILES string of the molecule is Cc1cc(F)ccc1-c1ccc(C(=O)C(=O)N[C@H](CN2CCCC2)[C@H](O)c2ccc(OC3CC3)c(Cl)c2)cc1. The highest BCUT2D eigenvalue weighted by Crippen LogP contribution is 2.34. The Morgan fingerprint density at radius 1 is 1.08 bits per heavy atom. The van der Waals surface area contributed by atoms with E-state index in [2.05, 4.69) is 10.2 Å². The summed E-state index contributed by atoms with van der Waals surface area (Å²) in [6.07, 6.45) is 3.24. The highest BCUT2D eigenvalue weighted by molar-refractivity contribution is 6.42. The van der Waals surface area contributed by atoms with Gasteiger partial charge < -0.3 is 20.1 Å². The Labute approximate surface area is 232 Å². The molecule has 204 valence electrons. The number of aliphatic hydroxyl groups excluding tert-OH is 1. The quantitative estimate of drug-likeness (QED) is 0.258. The molecular formula is C31H32ClFN2O4. The third-order valence-corrected chi connectivity index (χ3v) is 7.61. The molecule has 8 heteroatoms. The van der Waals surface area contributed by atoms with E-state index in [9.17, 15) is 19.1 Å². The number of benzene rings is 3. The van der Waals surface area contributed by atoms with Gasteiger partial charge in [0.05, 0.1) is 17.2 Å². The van der Waals surface area contributed by atoms with Crippen LogP contribution in [0.15, 0.2) is 60.7 Å². The van der Waals surface area contributed by atoms with Crippen molar-refractivity contribution >= 4 is 23.3 Å². The number of carbonyl (C=O) groups is 2. The Morgan fingerprint density at radius 2 is 1.79 bits per heavy atom. The van der Waals surface area contributed by atoms with Gasteiger partial charge in [-0.15, -0.1) is 0 Å². The minimum atomic E-state index is -1.07. The smallest absolute Gasteiger partial charge is 0.292 e. The molecule has 0 aromatic heterocycles. The highest BCUT2D eigenvalue weighted by atomic mass is 35.5. The van der Waals surface area contributed by atoms with E-state index in [1.54, 1.807) is 48.5 Å². The summed E-state index contributed by atoms with van der Waals surface area (Å²) in [5, 5.41) is 14.5. The predicted octanol–water partition coefficient (Wildman–Crippen LogP) is 5.49. The van der Waals surface area contributed by atoms with Gasteiger partial charge in [-0.25, -0.2) is 4.39 Å². The van der Waals surface area contributed by atoms with Gasteiger partial charge in [0.15, 0.2) is 0 Å². The zero-order valence-electron chi connectivity index (χ0n) is 21.8. The zero-order chi connectivity index (χ0) is 27.5. The number of aryl methyl sites for hydroxylation is 1. The monoisotopic (exact) mass is 550 g/mol. The first kappa shape index (κ1) is 27.3. The van der Waals surface area contributed by atoms with Crippen molar-refractivity contribution in [2.45, 2.75) is 50.9 Å². The molecule has 1 saturated carbocycles. The second-order valence-electron chi connectivity index (χ2n) is 10.4. The number of aliphatic hydroxyl groups is 1. The molecule has 39 heavy (non-hydrogen) atoms. The third kappa shape index (κ3) is 6.67. The fourth-order valence-corrected chi connectivity index (χ4v) is 5.21. The van der Waals surface area contributed by atoms with Crippen LogP contribution in [-0.2, 0) is 4.79 Å². The molecule has 2 fully saturated rings. The number of Topliss-reactive ketones (excluding diaryl/α,β-unsaturated/α-hetero) is 1. The molecule has 2 atom stereocenters. The van der Waals surface area contributed by atoms with Crippen LogP contribution in [0.3, 0.4) is 0 Å². The fraction of sp³-hybridized carbons (Fsp3) is 0.355. The van der Waals surface area contributed by atoms with Crippen LogP contribution in [0.2, 0.25) is 5.02 Å². The number of carbonyl (C=O) groups excluding carboxylic acids is 2. The number of ketones is 1. The molecule has 0 unspecified atom stereocenters. The van der Waals surface area contributed by atoms with E-state index in [1.807, 2.05) is 6.92 Å². The normalized spacial score (nSPS) is 17.0. The average molecular weight is 551 g/mol. The molecule has 1 aliphatic carbocycles. The standard InChI is InChI=1S/C31H32ClFN2O4/c1-19-16-23(33)9-12-25(19)20-4-6-21(7-5-20)30(37)31(38)34-27(18-35-14-2-3-15-35)29(36)22-8-13-28(26(32)17-22)39-24-10-11-24/h4-9,12-13,16-17,24,27,29,36H,2-3,10-11,14-15,18H2,1H3,(H,34,38)/t27-,29-/m1/s1. The number of likely N-dealkylation sites (tertiary alicyclic amines) is 1. The number of amides is 1. The van der Waals surface area contributed by atoms with E-state index in [4.69, 9.17) is 16.3 Å². The van der Waals surface area contributed by atoms with E-state index in [0.717, 1.165) is 55.5 Å². The summed E-state index contributed by atoms with van der Waals surface area (Å²) in [5.74, 6) is -1.22. The summed E-state index contributed by atoms with van der Waals surface area (Å²) >= 11 is 6.42. The van der Waals surface area contributed by atoms with Gasteiger partial charge >= 0.3 is 0 Å². The maximum Gasteiger partial charge on any atom is 0.292 e. The Morgan fingerprint density at radius 3 is 2.44 bits per heavy atom. The van der Waals surface area contributed by atoms with Crippen LogP contribution in [0.25, 0.3) is 11.1 Å². The summed E-state index contributed by atoms with van der Waals surface area (Å²) in [6, 6.07) is 15.6. The van der Waals surface area contributed by atoms with Crippen LogP contribution in [0.5, 0.6) is 5.75 Å². The number of hydrogen-bond donors (Lipinski definition) is 2. The molecule has 1 saturated heterocycles. The highest BCUT2D eigenvalue weighted by Gasteiger charge is 2.30. The molecule has 2 aliphatic rings. The molecule has 1 amide bonds. The van der Waals surface area contributed by atoms with Crippen molar-refractivity contribution in [2.24, 2.45) is 0 Å². The van der Waals surface area contributed by atoms with E-state index in [0.29, 0.717) is 22.9 Å². The molecule has 0 radical (unpaired) electrons. The number of hydrogen-bond acceptors (Lipinski definition) is 5. The van der Waals surface area contributed by atoms with Crippen molar-refractivity contribution in [3.8, 4) is 16.9 Å². The van der Waals surface area contributed by atoms with Crippen LogP contribution in [0, 0.1) is 12.7 Å². The summed E-state index contributed by atoms with van der Waals surface area (Å²) in [7, 11) is 0. The van der Waals surface area contributed by atoms with Crippen molar-refractivity contribution in [1.29, 1.82) is 0 Å². The zero-order valence-corrected chi connectivity index (χ0v) is 22.6. The van der Waals surface area contributed by atoms with Gasteiger partial charge in [-0.1, -0.05) is 48.0 Å². The van der Waals surface area contributed by atoms with Crippen molar-refractivity contribution in [3.63, 3.8) is 0 Å². The molecule has 5 rings (SSSR count). The Bertz CT molecular complexity index is 1350. The van der Waals surface area contributed by atoms with Gasteiger partial charge in [0.1, 0.15) is 17.7 Å². The van der Waals surface area contributed by atoms with Gasteiger partial charge in [-0.05, 0) is 92.2 Å². The van der Waals surface area contributed by atoms with Crippen molar-refractivity contribution < 1.29 is 23.8 Å². The van der Waals surface area contributed by atoms with E-state index >= 15 is 0 Å². The molecule has 1 aliphatic heterocycles. The Kier molecular flexibility index (Phi) is 8.31. The minimum Gasteiger partial charge on any atom is -0.489 e. The third-order valence-electron chi connectivity index (χ3n) is 7.32. The lowest BCUT2D eigenvalue weighted by atomic mass is 9.98. The van der Waals surface area contributed by atoms with Crippen molar-refractivity contribution in [1.82, 2.24) is 10.2 Å². The summed E-state index contributed by atoms with van der Waals surface area (Å²) < 4.78 is 19.3. The number of nitrogens with zero attached hydrogens (tertiary/aromatic N) is 1. The number of ether oxygens (including phenoxy) is 1. The molecule has 1 heterocycles. The first-order valence-electron chi connectivity index (χ1n) is 13.4. The van der Waals surface area contributed by atoms with Crippen molar-refractivity contribution in [2.75, 3.05) is 19.6 Å². The molecule has 0 bridgehead atoms. The van der Waals surface area contributed by atoms with Crippen molar-refractivity contribution in [3.05, 3.63) is 88.2 Å². The number of halogens is 2. The van der Waals surface area contributed by atoms with Crippen LogP contribution in [-0.4, -0.2) is 53.5 Å². The largest absolute Gasteiger partial charge is 0.489 e. The fourth-order valence-electron chi connectivity index (χ4n) is 4.98. The lowest BCUT2D eigenvalue weighted by molar-refractivity contribution is -0.118. The number of nitrogens with one attached hydrogen (secondary N) is 1. The van der Waals surface area contributed by atoms with Gasteiger partial charge in [0, 0.05) is 12.1 Å². The van der Waals surface area contributed by atoms with Gasteiger partial charge in [0.25, 0.3) is 5.91 Å². The number of rotatable bonds is 10. The second kappa shape index (κ2) is 11.9. The average Bonchev–Trinajstić information content (AvgIpc) is 3.60. The summed E-state index contributed by atoms with van der Waals surface area (Å²) in [6.45, 7) is 3.96. The van der Waals surface area contributed by atoms with Gasteiger partial charge in [-0.2, -0.15) is 0 Å². The molecule has 6 nitrogen and oxygen atoms in total. The van der Waals surface area contributed by atoms with Gasteiger partial charge in [-0.3, -0.25) is 9.59 Å². The predicted molar refractivity (Wildman–Crippen MR) is 149 cm³/mol. The maximum absolute atomic E-state index is 13.5. The molecule has 2 N–H and O–H groups in total. The lowest BCUT2D eigenvalue weighted by Crippen LogP contribution is -2.48. The Balaban J connectivity index is 1.30. The summed E-state index contributed by atoms with van der Waals surface area (Å²) in [5.41, 5.74) is 3.21. The van der Waals surface area contributed by atoms with Gasteiger partial charge in [0.2, 0.25) is 5.78 Å². The lowest BCUT2D eigenvalue weighted by Gasteiger charge is -2.28. The maximum atomic E-state index is 13.5. The molecular weight excluding hydrogens is 519 g/mol. The van der Waals surface area contributed by atoms with Crippen LogP contribution < -0.4 is 10.1 Å². The molecule has 0 spiro atoms. The first-order chi connectivity index (χ1) is 18.8. The topological polar surface area (TPSA) is 78.9 Å². The van der Waals surface area contributed by atoms with Crippen LogP contribution >= 0.6 is 11.6 Å². The van der Waals surface area contributed by atoms with E-state index in [1.165, 1.54) is 12.1 Å². The van der Waals surface area contributed by atoms with E-state index in [-0.39, 0.29) is 17.5 Å².